The van der Waals surface area contributed by atoms with Crippen LogP contribution in [0.4, 0.5) is 0 Å². The Morgan fingerprint density at radius 1 is 1.30 bits per heavy atom. The molecule has 0 unspecified atom stereocenters. The zero-order valence-corrected chi connectivity index (χ0v) is 11.0. The van der Waals surface area contributed by atoms with Gasteiger partial charge in [-0.25, -0.2) is 14.4 Å². The van der Waals surface area contributed by atoms with Crippen LogP contribution in [0.2, 0.25) is 0 Å². The van der Waals surface area contributed by atoms with Gasteiger partial charge >= 0.3 is 16.9 Å². The minimum Gasteiger partial charge on any atom is -0.448 e. The van der Waals surface area contributed by atoms with E-state index in [4.69, 9.17) is 9.15 Å². The lowest BCUT2D eigenvalue weighted by molar-refractivity contribution is -0.158. The molecule has 0 aliphatic carbocycles. The topological polar surface area (TPSA) is 99.9 Å². The van der Waals surface area contributed by atoms with Crippen molar-refractivity contribution in [3.8, 4) is 5.75 Å². The number of esters is 2. The molecule has 0 atom stereocenters. The number of ketones is 1. The van der Waals surface area contributed by atoms with Crippen LogP contribution in [-0.2, 0) is 19.1 Å². The molecule has 7 nitrogen and oxygen atoms in total. The minimum absolute atomic E-state index is 0.142. The third-order valence-corrected chi connectivity index (χ3v) is 2.95. The highest BCUT2D eigenvalue weighted by Gasteiger charge is 2.13. The second-order valence-electron chi connectivity index (χ2n) is 3.67. The fraction of sp³-hybridized carbons (Fsp3) is 0.167. The standard InChI is InChI=1S/C12H8O7S/c1-6(13)11(15)17-5-10(14)18-7-2-3-9-8(4-7)19-12(16)20-9/h2-4H,5H2,1H3. The number of rotatable bonds is 4. The number of Topliss-reactive ketones (excluding diaryl/α,β-unsaturated/α-hetero) is 1. The van der Waals surface area contributed by atoms with Gasteiger partial charge in [0.1, 0.15) is 5.75 Å². The SMILES string of the molecule is CC(=O)C(=O)OCC(=O)Oc1ccc2sc(=O)oc2c1. The number of carbonyl (C=O) groups is 3. The van der Waals surface area contributed by atoms with E-state index < -0.39 is 29.3 Å². The molecular weight excluding hydrogens is 288 g/mol. The second kappa shape index (κ2) is 5.66. The van der Waals surface area contributed by atoms with E-state index in [9.17, 15) is 19.2 Å². The molecule has 1 aromatic heterocycles. The van der Waals surface area contributed by atoms with Crippen LogP contribution in [0.1, 0.15) is 6.92 Å². The highest BCUT2D eigenvalue weighted by Crippen LogP contribution is 2.22. The van der Waals surface area contributed by atoms with Crippen LogP contribution in [-0.4, -0.2) is 24.3 Å². The van der Waals surface area contributed by atoms with Gasteiger partial charge in [0.2, 0.25) is 5.78 Å². The molecule has 2 rings (SSSR count). The molecular formula is C12H8O7S. The van der Waals surface area contributed by atoms with E-state index in [1.807, 2.05) is 0 Å². The molecule has 104 valence electrons. The van der Waals surface area contributed by atoms with E-state index in [0.717, 1.165) is 18.3 Å². The maximum Gasteiger partial charge on any atom is 0.396 e. The third kappa shape index (κ3) is 3.29. The summed E-state index contributed by atoms with van der Waals surface area (Å²) in [7, 11) is 0. The molecule has 0 saturated carbocycles. The Bertz CT molecular complexity index is 740. The van der Waals surface area contributed by atoms with Crippen LogP contribution in [0.3, 0.4) is 0 Å². The fourth-order valence-corrected chi connectivity index (χ4v) is 1.95. The summed E-state index contributed by atoms with van der Waals surface area (Å²) in [6.07, 6.45) is 0. The smallest absolute Gasteiger partial charge is 0.396 e. The lowest BCUT2D eigenvalue weighted by Crippen LogP contribution is -2.22. The molecule has 8 heteroatoms. The summed E-state index contributed by atoms with van der Waals surface area (Å²) in [6, 6.07) is 4.41. The van der Waals surface area contributed by atoms with Crippen molar-refractivity contribution in [1.29, 1.82) is 0 Å². The molecule has 0 bridgehead atoms. The van der Waals surface area contributed by atoms with Crippen LogP contribution in [0.25, 0.3) is 10.3 Å². The molecule has 0 radical (unpaired) electrons. The minimum atomic E-state index is -1.11. The summed E-state index contributed by atoms with van der Waals surface area (Å²) in [5, 5.41) is 0. The van der Waals surface area contributed by atoms with Gasteiger partial charge in [-0.1, -0.05) is 11.3 Å². The van der Waals surface area contributed by atoms with E-state index >= 15 is 0 Å². The molecule has 0 aliphatic rings. The number of ether oxygens (including phenoxy) is 2. The van der Waals surface area contributed by atoms with Crippen molar-refractivity contribution in [2.45, 2.75) is 6.92 Å². The normalized spacial score (nSPS) is 10.2. The third-order valence-electron chi connectivity index (χ3n) is 2.14. The zero-order valence-electron chi connectivity index (χ0n) is 10.2. The van der Waals surface area contributed by atoms with Crippen LogP contribution in [0.15, 0.2) is 27.4 Å². The van der Waals surface area contributed by atoms with E-state index in [1.54, 1.807) is 6.07 Å². The predicted octanol–water partition coefficient (Wildman–Crippen LogP) is 0.892. The van der Waals surface area contributed by atoms with E-state index in [1.165, 1.54) is 12.1 Å². The summed E-state index contributed by atoms with van der Waals surface area (Å²) in [5.74, 6) is -2.63. The monoisotopic (exact) mass is 296 g/mol. The Kier molecular flexibility index (Phi) is 3.94. The van der Waals surface area contributed by atoms with E-state index in [-0.39, 0.29) is 5.75 Å². The lowest BCUT2D eigenvalue weighted by atomic mass is 10.3. The van der Waals surface area contributed by atoms with Crippen molar-refractivity contribution in [3.05, 3.63) is 27.9 Å². The summed E-state index contributed by atoms with van der Waals surface area (Å²) in [5.41, 5.74) is 0.297. The van der Waals surface area contributed by atoms with Crippen LogP contribution < -0.4 is 9.68 Å². The first-order valence-corrected chi connectivity index (χ1v) is 6.19. The molecule has 0 aliphatic heterocycles. The number of benzene rings is 1. The fourth-order valence-electron chi connectivity index (χ4n) is 1.30. The van der Waals surface area contributed by atoms with Crippen molar-refractivity contribution < 1.29 is 28.3 Å². The predicted molar refractivity (Wildman–Crippen MR) is 67.6 cm³/mol. The highest BCUT2D eigenvalue weighted by molar-refractivity contribution is 7.16. The second-order valence-corrected chi connectivity index (χ2v) is 4.65. The number of fused-ring (bicyclic) bond motifs is 1. The first-order chi connectivity index (χ1) is 9.45. The van der Waals surface area contributed by atoms with Crippen LogP contribution in [0, 0.1) is 0 Å². The maximum absolute atomic E-state index is 11.4. The Morgan fingerprint density at radius 3 is 2.75 bits per heavy atom. The van der Waals surface area contributed by atoms with E-state index in [0.29, 0.717) is 10.3 Å². The van der Waals surface area contributed by atoms with Gasteiger partial charge in [0, 0.05) is 13.0 Å². The number of hydrogen-bond donors (Lipinski definition) is 0. The van der Waals surface area contributed by atoms with Gasteiger partial charge in [-0.3, -0.25) is 4.79 Å². The van der Waals surface area contributed by atoms with Gasteiger partial charge in [0.25, 0.3) is 0 Å². The van der Waals surface area contributed by atoms with Gasteiger partial charge < -0.3 is 13.9 Å². The van der Waals surface area contributed by atoms with Crippen LogP contribution in [0.5, 0.6) is 5.75 Å². The summed E-state index contributed by atoms with van der Waals surface area (Å²) in [4.78, 5) is 43.4. The van der Waals surface area contributed by atoms with Crippen molar-refractivity contribution in [1.82, 2.24) is 0 Å². The zero-order chi connectivity index (χ0) is 14.7. The first-order valence-electron chi connectivity index (χ1n) is 5.38. The average Bonchev–Trinajstić information content (AvgIpc) is 2.75. The Labute approximate surface area is 115 Å². The number of carbonyl (C=O) groups excluding carboxylic acids is 3. The average molecular weight is 296 g/mol. The van der Waals surface area contributed by atoms with Crippen molar-refractivity contribution in [2.75, 3.05) is 6.61 Å². The molecule has 0 spiro atoms. The quantitative estimate of drug-likeness (QED) is 0.469. The molecule has 2 aromatic rings. The highest BCUT2D eigenvalue weighted by atomic mass is 32.1. The van der Waals surface area contributed by atoms with Gasteiger partial charge in [-0.2, -0.15) is 0 Å². The number of hydrogen-bond acceptors (Lipinski definition) is 8. The largest absolute Gasteiger partial charge is 0.448 e. The summed E-state index contributed by atoms with van der Waals surface area (Å²) >= 11 is 0.928. The van der Waals surface area contributed by atoms with Gasteiger partial charge in [0.15, 0.2) is 12.2 Å². The van der Waals surface area contributed by atoms with Crippen molar-refractivity contribution in [3.63, 3.8) is 0 Å². The lowest BCUT2D eigenvalue weighted by Gasteiger charge is -2.04. The maximum atomic E-state index is 11.4. The van der Waals surface area contributed by atoms with Gasteiger partial charge in [0.05, 0.1) is 4.70 Å². The molecule has 1 aromatic carbocycles. The molecule has 0 fully saturated rings. The van der Waals surface area contributed by atoms with E-state index in [2.05, 4.69) is 4.74 Å². The van der Waals surface area contributed by atoms with Gasteiger partial charge in [-0.05, 0) is 12.1 Å². The molecule has 0 amide bonds. The Morgan fingerprint density at radius 2 is 2.05 bits per heavy atom. The van der Waals surface area contributed by atoms with Crippen LogP contribution >= 0.6 is 11.3 Å². The summed E-state index contributed by atoms with van der Waals surface area (Å²) in [6.45, 7) is 0.351. The summed E-state index contributed by atoms with van der Waals surface area (Å²) < 4.78 is 14.8. The van der Waals surface area contributed by atoms with Crippen molar-refractivity contribution in [2.24, 2.45) is 0 Å². The Hall–Kier alpha value is -2.48. The van der Waals surface area contributed by atoms with Gasteiger partial charge in [-0.15, -0.1) is 0 Å². The molecule has 20 heavy (non-hydrogen) atoms. The molecule has 0 saturated heterocycles. The molecule has 1 heterocycles. The van der Waals surface area contributed by atoms with Crippen molar-refractivity contribution >= 4 is 39.3 Å². The Balaban J connectivity index is 2.00. The molecule has 0 N–H and O–H groups in total. The first kappa shape index (κ1) is 13.9.